The van der Waals surface area contributed by atoms with Gasteiger partial charge in [-0.25, -0.2) is 0 Å². The number of carbonyl (C=O) groups excluding carboxylic acids is 2. The number of carbonyl (C=O) groups is 2. The van der Waals surface area contributed by atoms with E-state index < -0.39 is 41.8 Å². The van der Waals surface area contributed by atoms with E-state index >= 15 is 0 Å². The minimum absolute atomic E-state index is 0.0212. The van der Waals surface area contributed by atoms with Crippen molar-refractivity contribution in [3.63, 3.8) is 0 Å². The van der Waals surface area contributed by atoms with Crippen molar-refractivity contribution < 1.29 is 24.2 Å². The zero-order valence-corrected chi connectivity index (χ0v) is 27.5. The fourth-order valence-electron chi connectivity index (χ4n) is 5.70. The normalized spacial score (nSPS) is 12.7. The molecule has 5 nitrogen and oxygen atoms in total. The Hall–Kier alpha value is -3.94. The van der Waals surface area contributed by atoms with Gasteiger partial charge >= 0.3 is 253 Å². The van der Waals surface area contributed by atoms with Gasteiger partial charge in [-0.1, -0.05) is 6.07 Å². The van der Waals surface area contributed by atoms with E-state index in [1.165, 1.54) is 25.0 Å². The average molecular weight is 681 g/mol. The average Bonchev–Trinajstić information content (AvgIpc) is 3.07. The Labute approximate surface area is 258 Å². The molecule has 0 aromatic heterocycles. The Morgan fingerprint density at radius 3 is 1.53 bits per heavy atom. The van der Waals surface area contributed by atoms with Crippen molar-refractivity contribution in [3.8, 4) is 0 Å². The number of benzene rings is 4. The Morgan fingerprint density at radius 2 is 1.12 bits per heavy atom. The van der Waals surface area contributed by atoms with E-state index in [2.05, 4.69) is 72.8 Å². The van der Waals surface area contributed by atoms with Gasteiger partial charge in [0.2, 0.25) is 0 Å². The van der Waals surface area contributed by atoms with E-state index in [4.69, 9.17) is 9.47 Å². The summed E-state index contributed by atoms with van der Waals surface area (Å²) in [5.74, 6) is -1.48. The molecule has 4 rings (SSSR count). The molecule has 0 aliphatic carbocycles. The molecule has 1 N–H and O–H groups in total. The number of aliphatic hydroxyl groups is 1. The first-order chi connectivity index (χ1) is 21.0. The first kappa shape index (κ1) is 32.0. The molecule has 0 heterocycles. The fourth-order valence-corrected chi connectivity index (χ4v) is 18.5. The van der Waals surface area contributed by atoms with Gasteiger partial charge in [0.15, 0.2) is 0 Å². The molecule has 43 heavy (non-hydrogen) atoms. The quantitative estimate of drug-likeness (QED) is 0.0942. The van der Waals surface area contributed by atoms with Gasteiger partial charge in [0.1, 0.15) is 0 Å². The second kappa shape index (κ2) is 15.5. The fraction of sp³-hybridized carbons (Fsp3) is 0.189. The van der Waals surface area contributed by atoms with Crippen molar-refractivity contribution in [1.82, 2.24) is 0 Å². The third-order valence-electron chi connectivity index (χ3n) is 7.87. The molecular weight excluding hydrogens is 643 g/mol. The maximum absolute atomic E-state index is 13.1. The molecule has 0 saturated heterocycles. The van der Waals surface area contributed by atoms with Crippen molar-refractivity contribution in [2.24, 2.45) is 5.41 Å². The molecule has 0 aliphatic heterocycles. The summed E-state index contributed by atoms with van der Waals surface area (Å²) in [5.41, 5.74) is -0.768. The minimum atomic E-state index is -3.59. The Bertz CT molecular complexity index is 1390. The summed E-state index contributed by atoms with van der Waals surface area (Å²) in [7, 11) is 2.48. The topological polar surface area (TPSA) is 72.8 Å². The molecule has 0 spiro atoms. The van der Waals surface area contributed by atoms with Crippen LogP contribution in [0.1, 0.15) is 18.4 Å². The van der Waals surface area contributed by atoms with E-state index in [0.717, 1.165) is 10.0 Å². The molecule has 0 radical (unpaired) electrons. The zero-order chi connectivity index (χ0) is 30.5. The van der Waals surface area contributed by atoms with E-state index in [1.807, 2.05) is 60.7 Å². The van der Waals surface area contributed by atoms with Crippen LogP contribution in [0.15, 0.2) is 140 Å². The third kappa shape index (κ3) is 7.53. The first-order valence-corrected chi connectivity index (χ1v) is 20.7. The van der Waals surface area contributed by atoms with Crippen molar-refractivity contribution in [2.45, 2.75) is 23.4 Å². The molecule has 0 bridgehead atoms. The molecular formula is C37H38O5Sn. The van der Waals surface area contributed by atoms with Crippen LogP contribution in [0.2, 0.25) is 4.44 Å². The molecule has 0 saturated carbocycles. The summed E-state index contributed by atoms with van der Waals surface area (Å²) in [6, 6.07) is 41.4. The molecule has 6 heteroatoms. The summed E-state index contributed by atoms with van der Waals surface area (Å²) in [5, 5.41) is 11.3. The van der Waals surface area contributed by atoms with E-state index in [9.17, 15) is 14.7 Å². The third-order valence-corrected chi connectivity index (χ3v) is 21.6. The van der Waals surface area contributed by atoms with Crippen LogP contribution in [0.25, 0.3) is 6.08 Å². The van der Waals surface area contributed by atoms with Crippen LogP contribution in [0.5, 0.6) is 0 Å². The Morgan fingerprint density at radius 1 is 0.698 bits per heavy atom. The molecule has 1 unspecified atom stereocenters. The second-order valence-electron chi connectivity index (χ2n) is 10.5. The van der Waals surface area contributed by atoms with Gasteiger partial charge in [-0.05, 0) is 0 Å². The second-order valence-corrected chi connectivity index (χ2v) is 21.8. The van der Waals surface area contributed by atoms with Gasteiger partial charge < -0.3 is 0 Å². The zero-order valence-electron chi connectivity index (χ0n) is 24.6. The number of methoxy groups -OCH3 is 2. The Kier molecular flexibility index (Phi) is 11.5. The van der Waals surface area contributed by atoms with Gasteiger partial charge in [0.25, 0.3) is 0 Å². The van der Waals surface area contributed by atoms with Gasteiger partial charge in [-0.3, -0.25) is 0 Å². The van der Waals surface area contributed by atoms with E-state index in [0.29, 0.717) is 0 Å². The van der Waals surface area contributed by atoms with Gasteiger partial charge in [0.05, 0.1) is 0 Å². The van der Waals surface area contributed by atoms with Crippen LogP contribution in [-0.4, -0.2) is 55.7 Å². The van der Waals surface area contributed by atoms with Crippen molar-refractivity contribution in [2.75, 3.05) is 14.2 Å². The summed E-state index contributed by atoms with van der Waals surface area (Å²) in [6.45, 7) is 0. The number of hydrogen-bond donors (Lipinski definition) is 1. The number of esters is 2. The van der Waals surface area contributed by atoms with E-state index in [1.54, 1.807) is 12.2 Å². The van der Waals surface area contributed by atoms with Crippen LogP contribution < -0.4 is 10.7 Å². The Balaban J connectivity index is 1.67. The number of hydrogen-bond acceptors (Lipinski definition) is 5. The molecule has 4 aromatic rings. The molecule has 1 atom stereocenters. The first-order valence-electron chi connectivity index (χ1n) is 14.4. The number of ether oxygens (including phenoxy) is 2. The monoisotopic (exact) mass is 682 g/mol. The molecule has 4 aromatic carbocycles. The van der Waals surface area contributed by atoms with Crippen LogP contribution in [0.4, 0.5) is 0 Å². The number of rotatable bonds is 13. The number of aliphatic hydroxyl groups excluding tert-OH is 1. The van der Waals surface area contributed by atoms with Crippen LogP contribution in [-0.2, 0) is 19.1 Å². The summed E-state index contributed by atoms with van der Waals surface area (Å²) in [6.07, 6.45) is 6.08. The molecule has 220 valence electrons. The van der Waals surface area contributed by atoms with Crippen molar-refractivity contribution in [3.05, 3.63) is 145 Å². The van der Waals surface area contributed by atoms with Crippen molar-refractivity contribution >= 4 is 47.1 Å². The SMILES string of the molecule is COC(=O)C(C/C=C/c1ccccc1)(CC(O)/C=C/[CH2][Sn]([c]1ccccc1)([c]1ccccc1)[c]1ccccc1)C(=O)OC. The van der Waals surface area contributed by atoms with E-state index in [-0.39, 0.29) is 12.8 Å². The summed E-state index contributed by atoms with van der Waals surface area (Å²) < 4.78 is 14.8. The van der Waals surface area contributed by atoms with Crippen LogP contribution >= 0.6 is 0 Å². The standard InChI is InChI=1S/C19H23O5.3C6H5.Sn/c1-4-9-16(20)14-19(17(21)23-2,18(22)24-3)13-8-12-15-10-6-5-7-11-15;3*1-2-4-6-5-3-1;/h4-12,16,20H,1,13-14H2,2-3H3;3*1-5H;/b9-4+,12-8+;;;;. The summed E-state index contributed by atoms with van der Waals surface area (Å²) in [4.78, 5) is 26.2. The van der Waals surface area contributed by atoms with Gasteiger partial charge in [-0.2, -0.15) is 0 Å². The molecule has 0 aliphatic rings. The summed E-state index contributed by atoms with van der Waals surface area (Å²) >= 11 is -3.59. The predicted octanol–water partition coefficient (Wildman–Crippen LogP) is 4.90. The molecule has 0 amide bonds. The number of allylic oxidation sites excluding steroid dienone is 2. The molecule has 0 fully saturated rings. The van der Waals surface area contributed by atoms with Gasteiger partial charge in [-0.15, -0.1) is 0 Å². The maximum atomic E-state index is 13.1. The van der Waals surface area contributed by atoms with Gasteiger partial charge in [0, 0.05) is 0 Å². The van der Waals surface area contributed by atoms with Crippen molar-refractivity contribution in [1.29, 1.82) is 0 Å². The van der Waals surface area contributed by atoms with Crippen LogP contribution in [0, 0.1) is 5.41 Å². The predicted molar refractivity (Wildman–Crippen MR) is 175 cm³/mol. The van der Waals surface area contributed by atoms with Crippen LogP contribution in [0.3, 0.4) is 0 Å².